The van der Waals surface area contributed by atoms with Gasteiger partial charge in [0.25, 0.3) is 0 Å². The number of nitrogens with one attached hydrogen (secondary N) is 1. The molecule has 0 atom stereocenters. The number of hydrogen-bond acceptors (Lipinski definition) is 5. The molecular formula is C21H16ClN5O2. The molecule has 1 N–H and O–H groups in total. The standard InChI is InChI=1S/C21H16ClN5O2/c22-16-3-1-15(2-4-16)13-20(28)24-17-5-7-18(8-6-17)29-21-10-9-19(25-26-21)27-12-11-23-14-27/h1-12,14H,13H2,(H,24,28). The fourth-order valence-corrected chi connectivity index (χ4v) is 2.75. The number of hydrogen-bond donors (Lipinski definition) is 1. The van der Waals surface area contributed by atoms with E-state index in [1.807, 2.05) is 12.1 Å². The zero-order valence-corrected chi connectivity index (χ0v) is 16.0. The number of halogens is 1. The van der Waals surface area contributed by atoms with Crippen LogP contribution in [-0.2, 0) is 11.2 Å². The summed E-state index contributed by atoms with van der Waals surface area (Å²) in [5, 5.41) is 11.7. The van der Waals surface area contributed by atoms with E-state index in [0.29, 0.717) is 28.2 Å². The summed E-state index contributed by atoms with van der Waals surface area (Å²) in [5.74, 6) is 1.49. The third kappa shape index (κ3) is 4.97. The Morgan fingerprint density at radius 3 is 2.45 bits per heavy atom. The predicted octanol–water partition coefficient (Wildman–Crippen LogP) is 4.29. The molecule has 8 heteroatoms. The first-order chi connectivity index (χ1) is 14.2. The van der Waals surface area contributed by atoms with E-state index in [1.54, 1.807) is 71.8 Å². The first-order valence-electron chi connectivity index (χ1n) is 8.80. The minimum absolute atomic E-state index is 0.109. The van der Waals surface area contributed by atoms with Gasteiger partial charge in [-0.2, -0.15) is 0 Å². The van der Waals surface area contributed by atoms with Gasteiger partial charge >= 0.3 is 0 Å². The van der Waals surface area contributed by atoms with Crippen molar-refractivity contribution in [2.24, 2.45) is 0 Å². The molecule has 0 unspecified atom stereocenters. The summed E-state index contributed by atoms with van der Waals surface area (Å²) in [7, 11) is 0. The number of carbonyl (C=O) groups excluding carboxylic acids is 1. The van der Waals surface area contributed by atoms with Crippen LogP contribution in [0.4, 0.5) is 5.69 Å². The van der Waals surface area contributed by atoms with Crippen LogP contribution in [0.25, 0.3) is 5.82 Å². The van der Waals surface area contributed by atoms with Gasteiger partial charge in [0.15, 0.2) is 5.82 Å². The Kier molecular flexibility index (Phi) is 5.49. The molecule has 2 aromatic carbocycles. The predicted molar refractivity (Wildman–Crippen MR) is 109 cm³/mol. The molecule has 1 amide bonds. The maximum Gasteiger partial charge on any atom is 0.238 e. The van der Waals surface area contributed by atoms with Crippen LogP contribution in [0.1, 0.15) is 5.56 Å². The van der Waals surface area contributed by atoms with Crippen LogP contribution in [0, 0.1) is 0 Å². The van der Waals surface area contributed by atoms with Crippen LogP contribution >= 0.6 is 11.6 Å². The summed E-state index contributed by atoms with van der Waals surface area (Å²) >= 11 is 5.86. The van der Waals surface area contributed by atoms with E-state index in [4.69, 9.17) is 16.3 Å². The SMILES string of the molecule is O=C(Cc1ccc(Cl)cc1)Nc1ccc(Oc2ccc(-n3ccnc3)nn2)cc1. The minimum Gasteiger partial charge on any atom is -0.438 e. The second-order valence-corrected chi connectivity index (χ2v) is 6.61. The highest BCUT2D eigenvalue weighted by molar-refractivity contribution is 6.30. The molecule has 29 heavy (non-hydrogen) atoms. The van der Waals surface area contributed by atoms with Crippen molar-refractivity contribution >= 4 is 23.2 Å². The largest absolute Gasteiger partial charge is 0.438 e. The Bertz CT molecular complexity index is 1080. The highest BCUT2D eigenvalue weighted by Crippen LogP contribution is 2.21. The number of nitrogens with zero attached hydrogens (tertiary/aromatic N) is 4. The summed E-state index contributed by atoms with van der Waals surface area (Å²) in [6.07, 6.45) is 5.37. The molecule has 0 saturated carbocycles. The molecule has 0 aliphatic heterocycles. The Hall–Kier alpha value is -3.71. The molecular weight excluding hydrogens is 390 g/mol. The maximum atomic E-state index is 12.2. The summed E-state index contributed by atoms with van der Waals surface area (Å²) in [6.45, 7) is 0. The minimum atomic E-state index is -0.109. The Morgan fingerprint density at radius 2 is 1.79 bits per heavy atom. The van der Waals surface area contributed by atoms with Gasteiger partial charge in [-0.3, -0.25) is 9.36 Å². The van der Waals surface area contributed by atoms with Crippen molar-refractivity contribution in [2.45, 2.75) is 6.42 Å². The third-order valence-corrected chi connectivity index (χ3v) is 4.29. The van der Waals surface area contributed by atoms with E-state index in [0.717, 1.165) is 5.56 Å². The molecule has 0 aliphatic rings. The number of carbonyl (C=O) groups is 1. The monoisotopic (exact) mass is 405 g/mol. The van der Waals surface area contributed by atoms with E-state index in [-0.39, 0.29) is 12.3 Å². The zero-order chi connectivity index (χ0) is 20.1. The number of anilines is 1. The van der Waals surface area contributed by atoms with Gasteiger partial charge < -0.3 is 10.1 Å². The highest BCUT2D eigenvalue weighted by atomic mass is 35.5. The Labute approximate surface area is 172 Å². The second-order valence-electron chi connectivity index (χ2n) is 6.18. The molecule has 0 bridgehead atoms. The smallest absolute Gasteiger partial charge is 0.238 e. The van der Waals surface area contributed by atoms with Crippen LogP contribution < -0.4 is 10.1 Å². The van der Waals surface area contributed by atoms with Gasteiger partial charge in [0.2, 0.25) is 11.8 Å². The van der Waals surface area contributed by atoms with Crippen molar-refractivity contribution in [2.75, 3.05) is 5.32 Å². The van der Waals surface area contributed by atoms with Gasteiger partial charge in [-0.15, -0.1) is 10.2 Å². The molecule has 4 rings (SSSR count). The van der Waals surface area contributed by atoms with Crippen molar-refractivity contribution in [1.82, 2.24) is 19.7 Å². The molecule has 2 aromatic heterocycles. The summed E-state index contributed by atoms with van der Waals surface area (Å²) in [5.41, 5.74) is 1.57. The first kappa shape index (κ1) is 18.6. The van der Waals surface area contributed by atoms with E-state index >= 15 is 0 Å². The van der Waals surface area contributed by atoms with Crippen LogP contribution in [-0.4, -0.2) is 25.7 Å². The summed E-state index contributed by atoms with van der Waals surface area (Å²) in [4.78, 5) is 16.1. The first-order valence-corrected chi connectivity index (χ1v) is 9.18. The molecule has 0 spiro atoms. The quantitative estimate of drug-likeness (QED) is 0.517. The number of amides is 1. The van der Waals surface area contributed by atoms with Gasteiger partial charge in [-0.1, -0.05) is 23.7 Å². The molecule has 7 nitrogen and oxygen atoms in total. The van der Waals surface area contributed by atoms with E-state index in [1.165, 1.54) is 0 Å². The summed E-state index contributed by atoms with van der Waals surface area (Å²) in [6, 6.07) is 17.7. The van der Waals surface area contributed by atoms with Gasteiger partial charge in [0.1, 0.15) is 12.1 Å². The maximum absolute atomic E-state index is 12.2. The van der Waals surface area contributed by atoms with Gasteiger partial charge in [-0.25, -0.2) is 4.98 Å². The number of imidazole rings is 1. The molecule has 0 radical (unpaired) electrons. The molecule has 0 aliphatic carbocycles. The van der Waals surface area contributed by atoms with Gasteiger partial charge in [0.05, 0.1) is 6.42 Å². The van der Waals surface area contributed by atoms with Crippen LogP contribution in [0.2, 0.25) is 5.02 Å². The normalized spacial score (nSPS) is 10.5. The average molecular weight is 406 g/mol. The lowest BCUT2D eigenvalue weighted by molar-refractivity contribution is -0.115. The number of ether oxygens (including phenoxy) is 1. The average Bonchev–Trinajstić information content (AvgIpc) is 3.27. The zero-order valence-electron chi connectivity index (χ0n) is 15.2. The number of aromatic nitrogens is 4. The van der Waals surface area contributed by atoms with Crippen LogP contribution in [0.15, 0.2) is 79.4 Å². The lowest BCUT2D eigenvalue weighted by atomic mass is 10.1. The number of benzene rings is 2. The fraction of sp³-hybridized carbons (Fsp3) is 0.0476. The summed E-state index contributed by atoms with van der Waals surface area (Å²) < 4.78 is 7.44. The topological polar surface area (TPSA) is 81.9 Å². The highest BCUT2D eigenvalue weighted by Gasteiger charge is 2.06. The van der Waals surface area contributed by atoms with Crippen LogP contribution in [0.5, 0.6) is 11.6 Å². The van der Waals surface area contributed by atoms with Crippen molar-refractivity contribution in [3.05, 3.63) is 90.0 Å². The molecule has 0 saturated heterocycles. The third-order valence-electron chi connectivity index (χ3n) is 4.03. The van der Waals surface area contributed by atoms with Crippen molar-refractivity contribution in [1.29, 1.82) is 0 Å². The lowest BCUT2D eigenvalue weighted by Gasteiger charge is -2.08. The molecule has 4 aromatic rings. The fourth-order valence-electron chi connectivity index (χ4n) is 2.62. The second kappa shape index (κ2) is 8.53. The van der Waals surface area contributed by atoms with Gasteiger partial charge in [0, 0.05) is 29.2 Å². The molecule has 144 valence electrons. The van der Waals surface area contributed by atoms with Crippen molar-refractivity contribution in [3.63, 3.8) is 0 Å². The Balaban J connectivity index is 1.34. The van der Waals surface area contributed by atoms with Gasteiger partial charge in [-0.05, 0) is 48.0 Å². The molecule has 2 heterocycles. The van der Waals surface area contributed by atoms with Crippen molar-refractivity contribution < 1.29 is 9.53 Å². The van der Waals surface area contributed by atoms with E-state index < -0.39 is 0 Å². The molecule has 0 fully saturated rings. The Morgan fingerprint density at radius 1 is 1.00 bits per heavy atom. The van der Waals surface area contributed by atoms with E-state index in [9.17, 15) is 4.79 Å². The van der Waals surface area contributed by atoms with E-state index in [2.05, 4.69) is 20.5 Å². The van der Waals surface area contributed by atoms with Crippen LogP contribution in [0.3, 0.4) is 0 Å². The number of rotatable bonds is 6. The van der Waals surface area contributed by atoms with Crippen molar-refractivity contribution in [3.8, 4) is 17.4 Å². The lowest BCUT2D eigenvalue weighted by Crippen LogP contribution is -2.14.